The van der Waals surface area contributed by atoms with Gasteiger partial charge in [-0.05, 0) is 44.4 Å². The van der Waals surface area contributed by atoms with Gasteiger partial charge in [-0.3, -0.25) is 4.79 Å². The smallest absolute Gasteiger partial charge is 0.242 e. The zero-order valence-electron chi connectivity index (χ0n) is 12.2. The van der Waals surface area contributed by atoms with Crippen LogP contribution in [0.1, 0.15) is 44.6 Å². The maximum Gasteiger partial charge on any atom is 0.242 e. The second-order valence-corrected chi connectivity index (χ2v) is 6.53. The minimum Gasteiger partial charge on any atom is -0.374 e. The van der Waals surface area contributed by atoms with Crippen LogP contribution in [0.15, 0.2) is 22.7 Å². The fourth-order valence-corrected chi connectivity index (χ4v) is 2.95. The second kappa shape index (κ2) is 7.11. The molecule has 1 saturated carbocycles. The van der Waals surface area contributed by atoms with Crippen LogP contribution in [0, 0.1) is 6.92 Å². The first-order chi connectivity index (χ1) is 9.56. The average molecular weight is 339 g/mol. The van der Waals surface area contributed by atoms with Crippen LogP contribution < -0.4 is 10.6 Å². The molecule has 0 aliphatic heterocycles. The molecule has 1 aliphatic rings. The van der Waals surface area contributed by atoms with Gasteiger partial charge < -0.3 is 10.6 Å². The summed E-state index contributed by atoms with van der Waals surface area (Å²) in [5.41, 5.74) is 2.16. The number of carbonyl (C=O) groups is 1. The molecule has 0 heterocycles. The highest BCUT2D eigenvalue weighted by Gasteiger charge is 2.19. The van der Waals surface area contributed by atoms with E-state index in [1.165, 1.54) is 24.8 Å². The van der Waals surface area contributed by atoms with E-state index in [1.807, 2.05) is 32.0 Å². The summed E-state index contributed by atoms with van der Waals surface area (Å²) in [5, 5.41) is 6.41. The zero-order valence-corrected chi connectivity index (χ0v) is 13.8. The Hall–Kier alpha value is -1.03. The molecular formula is C16H23BrN2O. The van der Waals surface area contributed by atoms with E-state index >= 15 is 0 Å². The number of anilines is 1. The van der Waals surface area contributed by atoms with E-state index in [0.29, 0.717) is 6.04 Å². The fraction of sp³-hybridized carbons (Fsp3) is 0.562. The minimum atomic E-state index is -0.216. The molecule has 2 N–H and O–H groups in total. The molecule has 20 heavy (non-hydrogen) atoms. The third kappa shape index (κ3) is 4.23. The maximum atomic E-state index is 12.2. The fourth-order valence-electron chi connectivity index (χ4n) is 2.57. The van der Waals surface area contributed by atoms with E-state index in [1.54, 1.807) is 0 Å². The summed E-state index contributed by atoms with van der Waals surface area (Å²) < 4.78 is 1.06. The van der Waals surface area contributed by atoms with Crippen molar-refractivity contribution in [3.05, 3.63) is 28.2 Å². The molecule has 1 fully saturated rings. The van der Waals surface area contributed by atoms with Gasteiger partial charge in [-0.1, -0.05) is 41.3 Å². The summed E-state index contributed by atoms with van der Waals surface area (Å²) in [6.07, 6.45) is 6.01. The summed E-state index contributed by atoms with van der Waals surface area (Å²) in [6.45, 7) is 3.96. The lowest BCUT2D eigenvalue weighted by Gasteiger charge is -2.25. The number of rotatable bonds is 4. The number of carbonyl (C=O) groups excluding carboxylic acids is 1. The van der Waals surface area contributed by atoms with Crippen LogP contribution in [0.25, 0.3) is 0 Å². The highest BCUT2D eigenvalue weighted by atomic mass is 79.9. The molecule has 1 unspecified atom stereocenters. The van der Waals surface area contributed by atoms with Gasteiger partial charge in [-0.2, -0.15) is 0 Å². The predicted molar refractivity (Wildman–Crippen MR) is 87.0 cm³/mol. The molecule has 1 aromatic rings. The molecule has 4 heteroatoms. The summed E-state index contributed by atoms with van der Waals surface area (Å²) in [5.74, 6) is 0.0913. The Bertz CT molecular complexity index is 470. The number of halogens is 1. The van der Waals surface area contributed by atoms with Crippen LogP contribution in [-0.2, 0) is 4.79 Å². The number of hydrogen-bond acceptors (Lipinski definition) is 2. The Morgan fingerprint density at radius 2 is 2.00 bits per heavy atom. The first-order valence-electron chi connectivity index (χ1n) is 7.39. The highest BCUT2D eigenvalue weighted by molar-refractivity contribution is 9.10. The van der Waals surface area contributed by atoms with E-state index < -0.39 is 0 Å². The average Bonchev–Trinajstić information content (AvgIpc) is 2.44. The molecule has 0 spiro atoms. The van der Waals surface area contributed by atoms with Crippen LogP contribution in [0.4, 0.5) is 5.69 Å². The van der Waals surface area contributed by atoms with Crippen molar-refractivity contribution in [2.45, 2.75) is 58.0 Å². The molecule has 3 nitrogen and oxygen atoms in total. The summed E-state index contributed by atoms with van der Waals surface area (Å²) in [4.78, 5) is 12.2. The SMILES string of the molecule is Cc1ccc(NC(C)C(=O)NC2CCCCC2)cc1Br. The van der Waals surface area contributed by atoms with Crippen molar-refractivity contribution in [3.8, 4) is 0 Å². The summed E-state index contributed by atoms with van der Waals surface area (Å²) >= 11 is 3.51. The zero-order chi connectivity index (χ0) is 14.5. The molecule has 1 aromatic carbocycles. The van der Waals surface area contributed by atoms with Crippen molar-refractivity contribution < 1.29 is 4.79 Å². The molecule has 2 rings (SSSR count). The van der Waals surface area contributed by atoms with Crippen molar-refractivity contribution in [3.63, 3.8) is 0 Å². The van der Waals surface area contributed by atoms with Gasteiger partial charge in [-0.15, -0.1) is 0 Å². The quantitative estimate of drug-likeness (QED) is 0.870. The van der Waals surface area contributed by atoms with Gasteiger partial charge in [-0.25, -0.2) is 0 Å². The largest absolute Gasteiger partial charge is 0.374 e. The van der Waals surface area contributed by atoms with Gasteiger partial charge in [0.2, 0.25) is 5.91 Å². The summed E-state index contributed by atoms with van der Waals surface area (Å²) in [7, 11) is 0. The molecule has 0 aromatic heterocycles. The normalized spacial score (nSPS) is 17.6. The van der Waals surface area contributed by atoms with Gasteiger partial charge >= 0.3 is 0 Å². The Kier molecular flexibility index (Phi) is 5.46. The molecule has 1 atom stereocenters. The first-order valence-corrected chi connectivity index (χ1v) is 8.18. The van der Waals surface area contributed by atoms with Gasteiger partial charge in [0, 0.05) is 16.2 Å². The Labute approximate surface area is 129 Å². The van der Waals surface area contributed by atoms with Crippen molar-refractivity contribution in [2.75, 3.05) is 5.32 Å². The van der Waals surface area contributed by atoms with Crippen LogP contribution in [0.3, 0.4) is 0 Å². The van der Waals surface area contributed by atoms with Crippen molar-refractivity contribution in [1.29, 1.82) is 0 Å². The molecule has 0 radical (unpaired) electrons. The lowest BCUT2D eigenvalue weighted by Crippen LogP contribution is -2.44. The Morgan fingerprint density at radius 1 is 1.30 bits per heavy atom. The lowest BCUT2D eigenvalue weighted by atomic mass is 9.95. The van der Waals surface area contributed by atoms with Crippen LogP contribution in [-0.4, -0.2) is 18.0 Å². The molecule has 1 amide bonds. The molecule has 0 bridgehead atoms. The number of hydrogen-bond donors (Lipinski definition) is 2. The van der Waals surface area contributed by atoms with Crippen LogP contribution >= 0.6 is 15.9 Å². The van der Waals surface area contributed by atoms with E-state index in [9.17, 15) is 4.79 Å². The second-order valence-electron chi connectivity index (χ2n) is 5.67. The molecule has 110 valence electrons. The maximum absolute atomic E-state index is 12.2. The van der Waals surface area contributed by atoms with E-state index in [4.69, 9.17) is 0 Å². The van der Waals surface area contributed by atoms with E-state index in [-0.39, 0.29) is 11.9 Å². The first kappa shape index (κ1) is 15.4. The number of benzene rings is 1. The standard InChI is InChI=1S/C16H23BrN2O/c1-11-8-9-14(10-15(11)17)18-12(2)16(20)19-13-6-4-3-5-7-13/h8-10,12-13,18H,3-7H2,1-2H3,(H,19,20). The number of amides is 1. The van der Waals surface area contributed by atoms with Gasteiger partial charge in [0.25, 0.3) is 0 Å². The Morgan fingerprint density at radius 3 is 2.65 bits per heavy atom. The van der Waals surface area contributed by atoms with Gasteiger partial charge in [0.1, 0.15) is 6.04 Å². The number of aryl methyl sites for hydroxylation is 1. The van der Waals surface area contributed by atoms with Gasteiger partial charge in [0.15, 0.2) is 0 Å². The molecule has 1 aliphatic carbocycles. The Balaban J connectivity index is 1.88. The third-order valence-corrected chi connectivity index (χ3v) is 4.75. The van der Waals surface area contributed by atoms with Gasteiger partial charge in [0.05, 0.1) is 0 Å². The monoisotopic (exact) mass is 338 g/mol. The van der Waals surface area contributed by atoms with E-state index in [2.05, 4.69) is 26.6 Å². The topological polar surface area (TPSA) is 41.1 Å². The minimum absolute atomic E-state index is 0.0913. The van der Waals surface area contributed by atoms with E-state index in [0.717, 1.165) is 23.0 Å². The molecular weight excluding hydrogens is 316 g/mol. The molecule has 0 saturated heterocycles. The van der Waals surface area contributed by atoms with Crippen LogP contribution in [0.5, 0.6) is 0 Å². The third-order valence-electron chi connectivity index (χ3n) is 3.90. The summed E-state index contributed by atoms with van der Waals surface area (Å²) in [6, 6.07) is 6.21. The van der Waals surface area contributed by atoms with Crippen molar-refractivity contribution in [2.24, 2.45) is 0 Å². The van der Waals surface area contributed by atoms with Crippen molar-refractivity contribution in [1.82, 2.24) is 5.32 Å². The predicted octanol–water partition coefficient (Wildman–Crippen LogP) is 4.01. The lowest BCUT2D eigenvalue weighted by molar-refractivity contribution is -0.122. The number of nitrogens with one attached hydrogen (secondary N) is 2. The highest BCUT2D eigenvalue weighted by Crippen LogP contribution is 2.21. The van der Waals surface area contributed by atoms with Crippen molar-refractivity contribution >= 4 is 27.5 Å². The van der Waals surface area contributed by atoms with Crippen LogP contribution in [0.2, 0.25) is 0 Å².